The smallest absolute Gasteiger partial charge is 0.264 e. The van der Waals surface area contributed by atoms with Crippen molar-refractivity contribution in [2.24, 2.45) is 11.7 Å². The third-order valence-electron chi connectivity index (χ3n) is 5.06. The molecule has 6 heteroatoms. The van der Waals surface area contributed by atoms with Gasteiger partial charge in [-0.25, -0.2) is 0 Å². The molecule has 4 rings (SSSR count). The van der Waals surface area contributed by atoms with Crippen molar-refractivity contribution in [3.63, 3.8) is 0 Å². The van der Waals surface area contributed by atoms with Crippen LogP contribution in [-0.2, 0) is 0 Å². The first-order valence-electron chi connectivity index (χ1n) is 8.15. The van der Waals surface area contributed by atoms with Crippen molar-refractivity contribution >= 4 is 21.8 Å². The van der Waals surface area contributed by atoms with Crippen LogP contribution in [0, 0.1) is 12.8 Å². The predicted molar refractivity (Wildman–Crippen MR) is 88.4 cm³/mol. The van der Waals surface area contributed by atoms with Gasteiger partial charge in [0, 0.05) is 23.8 Å². The van der Waals surface area contributed by atoms with Gasteiger partial charge in [-0.2, -0.15) is 0 Å². The quantitative estimate of drug-likeness (QED) is 0.785. The van der Waals surface area contributed by atoms with Crippen LogP contribution in [0.4, 0.5) is 0 Å². The average molecular weight is 312 g/mol. The summed E-state index contributed by atoms with van der Waals surface area (Å²) < 4.78 is 7.20. The number of hydrogen-bond acceptors (Lipinski definition) is 5. The summed E-state index contributed by atoms with van der Waals surface area (Å²) in [5.41, 5.74) is 7.35. The minimum atomic E-state index is -0.0138. The normalized spacial score (nSPS) is 22.0. The van der Waals surface area contributed by atoms with Gasteiger partial charge in [0.15, 0.2) is 0 Å². The van der Waals surface area contributed by atoms with Gasteiger partial charge in [0.2, 0.25) is 0 Å². The molecule has 0 aromatic carbocycles. The predicted octanol–water partition coefficient (Wildman–Crippen LogP) is 2.54. The molecule has 0 spiro atoms. The van der Waals surface area contributed by atoms with E-state index in [4.69, 9.17) is 10.3 Å². The number of pyridine rings is 2. The monoisotopic (exact) mass is 312 g/mol. The maximum Gasteiger partial charge on any atom is 0.264 e. The largest absolute Gasteiger partial charge is 0.360 e. The number of hydrogen-bond donors (Lipinski definition) is 1. The van der Waals surface area contributed by atoms with E-state index in [1.807, 2.05) is 10.6 Å². The van der Waals surface area contributed by atoms with Gasteiger partial charge < -0.3 is 14.8 Å². The number of nitrogens with two attached hydrogens (primary N) is 1. The summed E-state index contributed by atoms with van der Waals surface area (Å²) in [5, 5.41) is 5.52. The number of aromatic nitrogens is 3. The second-order valence-corrected chi connectivity index (χ2v) is 6.45. The second-order valence-electron chi connectivity index (χ2n) is 6.45. The van der Waals surface area contributed by atoms with Crippen LogP contribution in [0.5, 0.6) is 0 Å². The molecule has 0 radical (unpaired) electrons. The van der Waals surface area contributed by atoms with E-state index in [9.17, 15) is 4.79 Å². The molecule has 2 atom stereocenters. The molecule has 120 valence electrons. The van der Waals surface area contributed by atoms with Gasteiger partial charge in [-0.1, -0.05) is 11.6 Å². The molecule has 3 heterocycles. The molecule has 1 aliphatic rings. The highest BCUT2D eigenvalue weighted by molar-refractivity contribution is 6.03. The lowest BCUT2D eigenvalue weighted by Gasteiger charge is -2.30. The van der Waals surface area contributed by atoms with Gasteiger partial charge in [0.1, 0.15) is 16.7 Å². The average Bonchev–Trinajstić information content (AvgIpc) is 2.98. The van der Waals surface area contributed by atoms with E-state index in [-0.39, 0.29) is 11.6 Å². The lowest BCUT2D eigenvalue weighted by atomic mass is 9.85. The van der Waals surface area contributed by atoms with Crippen molar-refractivity contribution < 1.29 is 4.52 Å². The Hall–Kier alpha value is -2.21. The third-order valence-corrected chi connectivity index (χ3v) is 5.06. The fourth-order valence-electron chi connectivity index (χ4n) is 3.89. The Kier molecular flexibility index (Phi) is 3.41. The third kappa shape index (κ3) is 2.16. The van der Waals surface area contributed by atoms with Crippen LogP contribution < -0.4 is 11.3 Å². The number of fused-ring (bicyclic) bond motifs is 3. The highest BCUT2D eigenvalue weighted by Gasteiger charge is 2.26. The van der Waals surface area contributed by atoms with Crippen LogP contribution in [-0.4, -0.2) is 21.3 Å². The van der Waals surface area contributed by atoms with E-state index in [1.165, 1.54) is 0 Å². The molecular weight excluding hydrogens is 292 g/mol. The molecule has 3 aromatic heterocycles. The summed E-state index contributed by atoms with van der Waals surface area (Å²) in [6.45, 7) is 2.46. The first-order chi connectivity index (χ1) is 11.2. The van der Waals surface area contributed by atoms with Gasteiger partial charge in [-0.15, -0.1) is 0 Å². The topological polar surface area (TPSA) is 86.9 Å². The van der Waals surface area contributed by atoms with E-state index >= 15 is 0 Å². The molecule has 1 aliphatic carbocycles. The molecule has 6 nitrogen and oxygen atoms in total. The Morgan fingerprint density at radius 3 is 3.13 bits per heavy atom. The molecule has 2 unspecified atom stereocenters. The Labute approximate surface area is 133 Å². The highest BCUT2D eigenvalue weighted by Crippen LogP contribution is 2.34. The lowest BCUT2D eigenvalue weighted by molar-refractivity contribution is 0.273. The molecule has 3 aromatic rings. The van der Waals surface area contributed by atoms with Crippen LogP contribution in [0.25, 0.3) is 21.8 Å². The Balaban J connectivity index is 2.02. The van der Waals surface area contributed by atoms with E-state index in [0.717, 1.165) is 36.6 Å². The molecule has 2 N–H and O–H groups in total. The van der Waals surface area contributed by atoms with Gasteiger partial charge in [0.25, 0.3) is 5.56 Å². The number of rotatable bonds is 2. The number of aryl methyl sites for hydroxylation is 1. The molecule has 0 bridgehead atoms. The molecular formula is C17H20N4O2. The highest BCUT2D eigenvalue weighted by atomic mass is 16.5. The van der Waals surface area contributed by atoms with Crippen LogP contribution in [0.2, 0.25) is 0 Å². The Bertz CT molecular complexity index is 927. The maximum absolute atomic E-state index is 13.1. The fourth-order valence-corrected chi connectivity index (χ4v) is 3.89. The summed E-state index contributed by atoms with van der Waals surface area (Å²) in [4.78, 5) is 17.3. The van der Waals surface area contributed by atoms with Crippen LogP contribution in [0.15, 0.2) is 27.8 Å². The SMILES string of the molecule is Cc1onc2c1c(=O)n(C1CCCC(CN)C1)c1ccncc21. The molecule has 1 saturated carbocycles. The van der Waals surface area contributed by atoms with Crippen molar-refractivity contribution in [1.82, 2.24) is 14.7 Å². The van der Waals surface area contributed by atoms with Crippen molar-refractivity contribution in [2.75, 3.05) is 6.54 Å². The molecule has 0 aliphatic heterocycles. The standard InChI is InChI=1S/C17H20N4O2/c1-10-15-16(20-23-10)13-9-19-6-5-14(13)21(17(15)22)12-4-2-3-11(7-12)8-18/h5-6,9,11-12H,2-4,7-8,18H2,1H3. The lowest BCUT2D eigenvalue weighted by Crippen LogP contribution is -2.31. The van der Waals surface area contributed by atoms with Crippen molar-refractivity contribution in [3.05, 3.63) is 34.6 Å². The zero-order chi connectivity index (χ0) is 16.0. The summed E-state index contributed by atoms with van der Waals surface area (Å²) in [6.07, 6.45) is 7.69. The van der Waals surface area contributed by atoms with Gasteiger partial charge in [-0.3, -0.25) is 9.78 Å². The van der Waals surface area contributed by atoms with Crippen molar-refractivity contribution in [3.8, 4) is 0 Å². The Morgan fingerprint density at radius 1 is 1.43 bits per heavy atom. The summed E-state index contributed by atoms with van der Waals surface area (Å²) in [7, 11) is 0. The fraction of sp³-hybridized carbons (Fsp3) is 0.471. The van der Waals surface area contributed by atoms with Crippen LogP contribution in [0.1, 0.15) is 37.5 Å². The van der Waals surface area contributed by atoms with E-state index in [1.54, 1.807) is 19.3 Å². The Morgan fingerprint density at radius 2 is 2.30 bits per heavy atom. The van der Waals surface area contributed by atoms with Gasteiger partial charge in [-0.05, 0) is 44.7 Å². The molecule has 1 fully saturated rings. The maximum atomic E-state index is 13.1. The number of nitrogens with zero attached hydrogens (tertiary/aromatic N) is 3. The van der Waals surface area contributed by atoms with Crippen molar-refractivity contribution in [1.29, 1.82) is 0 Å². The second kappa shape index (κ2) is 5.45. The minimum absolute atomic E-state index is 0.0138. The zero-order valence-electron chi connectivity index (χ0n) is 13.2. The summed E-state index contributed by atoms with van der Waals surface area (Å²) in [5.74, 6) is 1.05. The van der Waals surface area contributed by atoms with Crippen LogP contribution in [0.3, 0.4) is 0 Å². The zero-order valence-corrected chi connectivity index (χ0v) is 13.2. The molecule has 0 saturated heterocycles. The minimum Gasteiger partial charge on any atom is -0.360 e. The molecule has 0 amide bonds. The summed E-state index contributed by atoms with van der Waals surface area (Å²) >= 11 is 0. The molecule has 23 heavy (non-hydrogen) atoms. The van der Waals surface area contributed by atoms with E-state index in [2.05, 4.69) is 10.1 Å². The summed E-state index contributed by atoms with van der Waals surface area (Å²) in [6, 6.07) is 2.07. The van der Waals surface area contributed by atoms with Crippen molar-refractivity contribution in [2.45, 2.75) is 38.6 Å². The van der Waals surface area contributed by atoms with E-state index in [0.29, 0.717) is 29.1 Å². The van der Waals surface area contributed by atoms with Gasteiger partial charge >= 0.3 is 0 Å². The van der Waals surface area contributed by atoms with E-state index < -0.39 is 0 Å². The first kappa shape index (κ1) is 14.4. The van der Waals surface area contributed by atoms with Gasteiger partial charge in [0.05, 0.1) is 5.52 Å². The van der Waals surface area contributed by atoms with Crippen LogP contribution >= 0.6 is 0 Å². The first-order valence-corrected chi connectivity index (χ1v) is 8.15.